The Morgan fingerprint density at radius 2 is 1.93 bits per heavy atom. The van der Waals surface area contributed by atoms with E-state index in [1.54, 1.807) is 32.7 Å². The molecule has 2 N–H and O–H groups in total. The predicted octanol–water partition coefficient (Wildman–Crippen LogP) is 3.35. The first-order valence-electron chi connectivity index (χ1n) is 9.57. The fourth-order valence-electron chi connectivity index (χ4n) is 3.47. The number of rotatable bonds is 8. The molecular weight excluding hydrogens is 404 g/mol. The van der Waals surface area contributed by atoms with Crippen molar-refractivity contribution in [3.05, 3.63) is 52.0 Å². The smallest absolute Gasteiger partial charge is 0.226 e. The minimum atomic E-state index is -0.220. The molecule has 8 nitrogen and oxygen atoms in total. The number of hydrogen-bond donors (Lipinski definition) is 2. The van der Waals surface area contributed by atoms with E-state index in [2.05, 4.69) is 22.4 Å². The molecule has 0 fully saturated rings. The van der Waals surface area contributed by atoms with Crippen LogP contribution < -0.4 is 19.5 Å². The van der Waals surface area contributed by atoms with E-state index < -0.39 is 0 Å². The number of benzene rings is 1. The summed E-state index contributed by atoms with van der Waals surface area (Å²) in [5.74, 6) is 3.05. The highest BCUT2D eigenvalue weighted by molar-refractivity contribution is 7.11. The van der Waals surface area contributed by atoms with Gasteiger partial charge in [0.15, 0.2) is 17.3 Å². The summed E-state index contributed by atoms with van der Waals surface area (Å²) in [7, 11) is 4.79. The lowest BCUT2D eigenvalue weighted by Gasteiger charge is -2.25. The maximum absolute atomic E-state index is 9.17. The van der Waals surface area contributed by atoms with Crippen LogP contribution in [0.1, 0.15) is 28.7 Å². The van der Waals surface area contributed by atoms with E-state index in [-0.39, 0.29) is 12.6 Å². The number of aryl methyl sites for hydroxylation is 1. The number of aromatic nitrogens is 3. The molecule has 158 valence electrons. The van der Waals surface area contributed by atoms with Gasteiger partial charge >= 0.3 is 0 Å². The highest BCUT2D eigenvalue weighted by atomic mass is 32.1. The molecule has 0 aliphatic carbocycles. The van der Waals surface area contributed by atoms with Crippen LogP contribution in [0.15, 0.2) is 35.7 Å². The number of thiophene rings is 1. The van der Waals surface area contributed by atoms with Crippen LogP contribution in [0.25, 0.3) is 5.70 Å². The first-order chi connectivity index (χ1) is 14.7. The average molecular weight is 429 g/mol. The van der Waals surface area contributed by atoms with Crippen LogP contribution in [-0.2, 0) is 6.42 Å². The van der Waals surface area contributed by atoms with E-state index in [0.717, 1.165) is 16.1 Å². The standard InChI is InChI=1S/C21H24N4O4S/c1-27-16-10-13(11-17(28-2)20(16)29-3)15-12-14(18-6-5-9-30-18)22-21-23-19(7-4-8-26)24-25(15)21/h5-6,9-12,15,26H,4,7-8H2,1-3H3,(H,22,23,24). The van der Waals surface area contributed by atoms with Gasteiger partial charge in [-0.3, -0.25) is 0 Å². The zero-order chi connectivity index (χ0) is 21.1. The molecule has 1 aliphatic heterocycles. The molecule has 0 amide bonds. The monoisotopic (exact) mass is 428 g/mol. The van der Waals surface area contributed by atoms with Gasteiger partial charge in [-0.15, -0.1) is 11.3 Å². The molecule has 30 heavy (non-hydrogen) atoms. The number of anilines is 1. The van der Waals surface area contributed by atoms with Gasteiger partial charge in [-0.1, -0.05) is 6.07 Å². The number of aliphatic hydroxyl groups is 1. The minimum Gasteiger partial charge on any atom is -0.493 e. The number of allylic oxidation sites excluding steroid dienone is 1. The number of methoxy groups -OCH3 is 3. The highest BCUT2D eigenvalue weighted by Crippen LogP contribution is 2.42. The fourth-order valence-corrected chi connectivity index (χ4v) is 4.17. The number of ether oxygens (including phenoxy) is 3. The molecule has 0 radical (unpaired) electrons. The molecule has 0 spiro atoms. The number of hydrogen-bond acceptors (Lipinski definition) is 8. The molecule has 1 atom stereocenters. The van der Waals surface area contributed by atoms with Crippen LogP contribution in [0.5, 0.6) is 17.2 Å². The molecule has 1 unspecified atom stereocenters. The zero-order valence-corrected chi connectivity index (χ0v) is 17.9. The lowest BCUT2D eigenvalue weighted by molar-refractivity contribution is 0.287. The fraction of sp³-hybridized carbons (Fsp3) is 0.333. The summed E-state index contributed by atoms with van der Waals surface area (Å²) in [5.41, 5.74) is 1.90. The van der Waals surface area contributed by atoms with Gasteiger partial charge < -0.3 is 24.6 Å². The maximum atomic E-state index is 9.17. The Morgan fingerprint density at radius 1 is 1.17 bits per heavy atom. The van der Waals surface area contributed by atoms with Gasteiger partial charge in [0.2, 0.25) is 11.7 Å². The molecule has 0 bridgehead atoms. The Bertz CT molecular complexity index is 1020. The Balaban J connectivity index is 1.83. The van der Waals surface area contributed by atoms with Crippen molar-refractivity contribution in [3.63, 3.8) is 0 Å². The summed E-state index contributed by atoms with van der Waals surface area (Å²) < 4.78 is 18.4. The van der Waals surface area contributed by atoms with Crippen LogP contribution in [0.2, 0.25) is 0 Å². The van der Waals surface area contributed by atoms with Crippen molar-refractivity contribution in [1.29, 1.82) is 0 Å². The van der Waals surface area contributed by atoms with E-state index in [4.69, 9.17) is 24.4 Å². The van der Waals surface area contributed by atoms with Crippen LogP contribution in [-0.4, -0.2) is 47.8 Å². The normalized spacial score (nSPS) is 15.2. The van der Waals surface area contributed by atoms with E-state index in [9.17, 15) is 0 Å². The number of nitrogens with zero attached hydrogens (tertiary/aromatic N) is 3. The van der Waals surface area contributed by atoms with E-state index in [0.29, 0.717) is 41.9 Å². The van der Waals surface area contributed by atoms with Gasteiger partial charge in [-0.25, -0.2) is 4.68 Å². The molecule has 2 aromatic heterocycles. The molecule has 3 heterocycles. The van der Waals surface area contributed by atoms with Gasteiger partial charge in [0.25, 0.3) is 0 Å². The molecule has 1 aromatic carbocycles. The first kappa shape index (κ1) is 20.2. The Labute approximate surface area is 178 Å². The maximum Gasteiger partial charge on any atom is 0.226 e. The SMILES string of the molecule is COc1cc(C2C=C(c3cccs3)Nc3nc(CCCO)nn32)cc(OC)c1OC. The minimum absolute atomic E-state index is 0.103. The third-order valence-electron chi connectivity index (χ3n) is 4.88. The van der Waals surface area contributed by atoms with E-state index in [1.807, 2.05) is 28.3 Å². The lowest BCUT2D eigenvalue weighted by Crippen LogP contribution is -2.20. The lowest BCUT2D eigenvalue weighted by atomic mass is 10.0. The van der Waals surface area contributed by atoms with Crippen molar-refractivity contribution >= 4 is 23.0 Å². The Kier molecular flexibility index (Phi) is 5.91. The van der Waals surface area contributed by atoms with Crippen LogP contribution in [0, 0.1) is 0 Å². The Morgan fingerprint density at radius 3 is 2.53 bits per heavy atom. The molecule has 4 rings (SSSR count). The third-order valence-corrected chi connectivity index (χ3v) is 5.79. The number of fused-ring (bicyclic) bond motifs is 1. The van der Waals surface area contributed by atoms with E-state index in [1.165, 1.54) is 0 Å². The van der Waals surface area contributed by atoms with Crippen molar-refractivity contribution < 1.29 is 19.3 Å². The number of nitrogens with one attached hydrogen (secondary N) is 1. The summed E-state index contributed by atoms with van der Waals surface area (Å²) in [6.07, 6.45) is 3.34. The van der Waals surface area contributed by atoms with Crippen molar-refractivity contribution in [3.8, 4) is 17.2 Å². The summed E-state index contributed by atoms with van der Waals surface area (Å²) in [6.45, 7) is 0.103. The van der Waals surface area contributed by atoms with Crippen molar-refractivity contribution in [1.82, 2.24) is 14.8 Å². The van der Waals surface area contributed by atoms with Crippen molar-refractivity contribution in [2.24, 2.45) is 0 Å². The Hall–Kier alpha value is -3.04. The van der Waals surface area contributed by atoms with Gasteiger partial charge in [-0.05, 0) is 41.6 Å². The topological polar surface area (TPSA) is 90.7 Å². The summed E-state index contributed by atoms with van der Waals surface area (Å²) in [5, 5.41) is 19.3. The van der Waals surface area contributed by atoms with Crippen molar-refractivity contribution in [2.45, 2.75) is 18.9 Å². The van der Waals surface area contributed by atoms with Gasteiger partial charge in [0.1, 0.15) is 6.04 Å². The summed E-state index contributed by atoms with van der Waals surface area (Å²) in [4.78, 5) is 5.76. The van der Waals surface area contributed by atoms with Crippen LogP contribution in [0.3, 0.4) is 0 Å². The van der Waals surface area contributed by atoms with Gasteiger partial charge in [-0.2, -0.15) is 10.1 Å². The molecule has 1 aliphatic rings. The van der Waals surface area contributed by atoms with E-state index >= 15 is 0 Å². The predicted molar refractivity (Wildman–Crippen MR) is 116 cm³/mol. The third kappa shape index (κ3) is 3.73. The van der Waals surface area contributed by atoms with Gasteiger partial charge in [0, 0.05) is 13.0 Å². The van der Waals surface area contributed by atoms with Crippen LogP contribution in [0.4, 0.5) is 5.95 Å². The summed E-state index contributed by atoms with van der Waals surface area (Å²) in [6, 6.07) is 7.72. The molecule has 3 aromatic rings. The van der Waals surface area contributed by atoms with Gasteiger partial charge in [0.05, 0.1) is 31.9 Å². The molecule has 9 heteroatoms. The summed E-state index contributed by atoms with van der Waals surface area (Å²) >= 11 is 1.65. The largest absolute Gasteiger partial charge is 0.493 e. The average Bonchev–Trinajstić information content (AvgIpc) is 3.45. The second-order valence-corrected chi connectivity index (χ2v) is 7.66. The zero-order valence-electron chi connectivity index (χ0n) is 17.1. The molecule has 0 saturated heterocycles. The van der Waals surface area contributed by atoms with Crippen LogP contribution >= 0.6 is 11.3 Å². The van der Waals surface area contributed by atoms with Crippen molar-refractivity contribution in [2.75, 3.05) is 33.3 Å². The quantitative estimate of drug-likeness (QED) is 0.569. The molecular formula is C21H24N4O4S. The second-order valence-electron chi connectivity index (χ2n) is 6.71. The first-order valence-corrected chi connectivity index (χ1v) is 10.4. The molecule has 0 saturated carbocycles. The highest BCUT2D eigenvalue weighted by Gasteiger charge is 2.27. The number of aliphatic hydroxyl groups excluding tert-OH is 1. The second kappa shape index (κ2) is 8.76.